The van der Waals surface area contributed by atoms with Gasteiger partial charge in [0, 0.05) is 50.3 Å². The molecule has 3 fully saturated rings. The van der Waals surface area contributed by atoms with E-state index in [-0.39, 0.29) is 60.5 Å². The quantitative estimate of drug-likeness (QED) is 0.225. The van der Waals surface area contributed by atoms with E-state index in [4.69, 9.17) is 10.8 Å². The van der Waals surface area contributed by atoms with Crippen molar-refractivity contribution in [3.63, 3.8) is 0 Å². The smallest absolute Gasteiger partial charge is 0.324 e. The molecule has 2 saturated carbocycles. The average Bonchev–Trinajstić information content (AvgIpc) is 3.65. The maximum Gasteiger partial charge on any atom is 0.416 e. The molecule has 11 heteroatoms. The van der Waals surface area contributed by atoms with Crippen molar-refractivity contribution in [2.75, 3.05) is 25.0 Å². The maximum absolute atomic E-state index is 14.3. The molecule has 2 aromatic rings. The first-order valence-electron chi connectivity index (χ1n) is 14.3. The van der Waals surface area contributed by atoms with Gasteiger partial charge in [0.2, 0.25) is 0 Å². The fraction of sp³-hybridized carbons (Fsp3) is 0.516. The predicted molar refractivity (Wildman–Crippen MR) is 149 cm³/mol. The van der Waals surface area contributed by atoms with Crippen LogP contribution in [0.1, 0.15) is 71.6 Å². The number of amides is 1. The van der Waals surface area contributed by atoms with Crippen LogP contribution >= 0.6 is 0 Å². The van der Waals surface area contributed by atoms with E-state index >= 15 is 0 Å². The third-order valence-corrected chi connectivity index (χ3v) is 9.85. The lowest BCUT2D eigenvalue weighted by atomic mass is 9.55. The van der Waals surface area contributed by atoms with Crippen LogP contribution in [0.5, 0.6) is 0 Å². The standard InChI is InChI=1S/C31H34F5N5O/c1-19-13-40(9-8-30(19,32)33)14-20-10-23-24(25(11-20)31(34,35)36)15-41(26(23)42)22-5-3-4-21(12-22)29(27(38)39(2)18-37)16-28(17-29)6-7-28/h3-5,10-12,18-19,37-38H,6-9,13-17H2,1-2H3/t19-/m1/s1. The van der Waals surface area contributed by atoms with Gasteiger partial charge in [-0.25, -0.2) is 8.78 Å². The molecule has 0 unspecified atom stereocenters. The van der Waals surface area contributed by atoms with Crippen molar-refractivity contribution in [2.45, 2.75) is 69.6 Å². The van der Waals surface area contributed by atoms with Gasteiger partial charge in [-0.2, -0.15) is 13.2 Å². The Morgan fingerprint density at radius 1 is 1.14 bits per heavy atom. The Balaban J connectivity index is 1.31. The number of carbonyl (C=O) groups excluding carboxylic acids is 1. The highest BCUT2D eigenvalue weighted by molar-refractivity contribution is 6.10. The first-order chi connectivity index (χ1) is 19.7. The minimum absolute atomic E-state index is 0.0211. The SMILES string of the molecule is C[C@@H]1CN(Cc2cc3c(c(C(F)(F)F)c2)CN(c2cccc(C4(C(=N)N(C)C=N)CC5(CC5)C4)c2)C3=O)CCC1(F)F. The molecular formula is C31H34F5N5O. The molecule has 2 aliphatic heterocycles. The fourth-order valence-electron chi connectivity index (χ4n) is 7.23. The summed E-state index contributed by atoms with van der Waals surface area (Å²) in [5.74, 6) is -3.97. The van der Waals surface area contributed by atoms with Gasteiger partial charge in [-0.3, -0.25) is 20.5 Å². The number of fused-ring (bicyclic) bond motifs is 1. The van der Waals surface area contributed by atoms with Crippen LogP contribution in [0.2, 0.25) is 0 Å². The fourth-order valence-corrected chi connectivity index (χ4v) is 7.23. The van der Waals surface area contributed by atoms with Crippen LogP contribution in [0.4, 0.5) is 27.6 Å². The predicted octanol–water partition coefficient (Wildman–Crippen LogP) is 6.67. The summed E-state index contributed by atoms with van der Waals surface area (Å²) < 4.78 is 70.8. The zero-order valence-electron chi connectivity index (χ0n) is 23.6. The summed E-state index contributed by atoms with van der Waals surface area (Å²) in [6.45, 7) is 1.37. The second-order valence-corrected chi connectivity index (χ2v) is 12.8. The number of halogens is 5. The Bertz CT molecular complexity index is 1460. The van der Waals surface area contributed by atoms with Gasteiger partial charge in [0.05, 0.1) is 23.9 Å². The Labute approximate surface area is 241 Å². The number of piperidine rings is 1. The van der Waals surface area contributed by atoms with Crippen LogP contribution in [0.25, 0.3) is 0 Å². The van der Waals surface area contributed by atoms with Crippen molar-refractivity contribution in [1.82, 2.24) is 9.80 Å². The Morgan fingerprint density at radius 2 is 1.86 bits per heavy atom. The summed E-state index contributed by atoms with van der Waals surface area (Å²) >= 11 is 0. The summed E-state index contributed by atoms with van der Waals surface area (Å²) in [7, 11) is 1.66. The number of nitrogens with one attached hydrogen (secondary N) is 2. The molecule has 1 atom stereocenters. The number of likely N-dealkylation sites (N-methyl/N-ethyl adjacent to an activating group) is 1. The third kappa shape index (κ3) is 4.69. The average molecular weight is 588 g/mol. The van der Waals surface area contributed by atoms with Crippen LogP contribution in [0.15, 0.2) is 36.4 Å². The molecule has 2 aromatic carbocycles. The van der Waals surface area contributed by atoms with Crippen LogP contribution in [-0.2, 0) is 24.7 Å². The van der Waals surface area contributed by atoms with Crippen molar-refractivity contribution >= 4 is 23.8 Å². The zero-order chi connectivity index (χ0) is 30.2. The second kappa shape index (κ2) is 9.59. The van der Waals surface area contributed by atoms with E-state index in [9.17, 15) is 26.7 Å². The van der Waals surface area contributed by atoms with Gasteiger partial charge in [0.1, 0.15) is 5.84 Å². The molecule has 2 heterocycles. The summed E-state index contributed by atoms with van der Waals surface area (Å²) in [5.41, 5.74) is 0.140. The number of rotatable bonds is 6. The lowest BCUT2D eigenvalue weighted by Gasteiger charge is -2.50. The van der Waals surface area contributed by atoms with E-state index in [2.05, 4.69) is 0 Å². The van der Waals surface area contributed by atoms with Gasteiger partial charge in [-0.05, 0) is 72.1 Å². The summed E-state index contributed by atoms with van der Waals surface area (Å²) in [6, 6.07) is 9.68. The van der Waals surface area contributed by atoms with E-state index < -0.39 is 34.9 Å². The molecule has 1 amide bonds. The lowest BCUT2D eigenvalue weighted by molar-refractivity contribution is -0.138. The van der Waals surface area contributed by atoms with Crippen LogP contribution < -0.4 is 4.90 Å². The molecule has 4 aliphatic rings. The normalized spacial score (nSPS) is 23.8. The number of nitrogens with zero attached hydrogens (tertiary/aromatic N) is 3. The molecule has 224 valence electrons. The molecule has 0 aromatic heterocycles. The van der Waals surface area contributed by atoms with Crippen LogP contribution in [0.3, 0.4) is 0 Å². The number of hydrogen-bond donors (Lipinski definition) is 2. The van der Waals surface area contributed by atoms with Crippen molar-refractivity contribution in [1.29, 1.82) is 10.8 Å². The van der Waals surface area contributed by atoms with Crippen molar-refractivity contribution in [3.8, 4) is 0 Å². The molecule has 6 nitrogen and oxygen atoms in total. The number of likely N-dealkylation sites (tertiary alicyclic amines) is 1. The van der Waals surface area contributed by atoms with E-state index in [0.717, 1.165) is 43.7 Å². The van der Waals surface area contributed by atoms with Crippen LogP contribution in [-0.4, -0.2) is 53.9 Å². The second-order valence-electron chi connectivity index (χ2n) is 12.8. The van der Waals surface area contributed by atoms with Gasteiger partial charge in [-0.15, -0.1) is 0 Å². The summed E-state index contributed by atoms with van der Waals surface area (Å²) in [6.07, 6.45) is -0.243. The summed E-state index contributed by atoms with van der Waals surface area (Å²) in [4.78, 5) is 18.2. The van der Waals surface area contributed by atoms with Crippen LogP contribution in [0, 0.1) is 22.2 Å². The van der Waals surface area contributed by atoms with E-state index in [1.54, 1.807) is 30.1 Å². The van der Waals surface area contributed by atoms with Gasteiger partial charge < -0.3 is 9.80 Å². The van der Waals surface area contributed by atoms with Crippen molar-refractivity contribution in [3.05, 3.63) is 64.2 Å². The summed E-state index contributed by atoms with van der Waals surface area (Å²) in [5, 5.41) is 16.5. The lowest BCUT2D eigenvalue weighted by Crippen LogP contribution is -2.53. The van der Waals surface area contributed by atoms with Gasteiger partial charge in [0.25, 0.3) is 11.8 Å². The molecule has 2 N–H and O–H groups in total. The van der Waals surface area contributed by atoms with Gasteiger partial charge in [0.15, 0.2) is 0 Å². The van der Waals surface area contributed by atoms with E-state index in [1.165, 1.54) is 22.8 Å². The monoisotopic (exact) mass is 587 g/mol. The Morgan fingerprint density at radius 3 is 2.48 bits per heavy atom. The maximum atomic E-state index is 14.3. The number of alkyl halides is 5. The van der Waals surface area contributed by atoms with E-state index in [0.29, 0.717) is 5.69 Å². The molecule has 1 spiro atoms. The van der Waals surface area contributed by atoms with Crippen molar-refractivity contribution in [2.24, 2.45) is 11.3 Å². The highest BCUT2D eigenvalue weighted by atomic mass is 19.4. The first-order valence-corrected chi connectivity index (χ1v) is 14.3. The zero-order valence-corrected chi connectivity index (χ0v) is 23.6. The minimum atomic E-state index is -4.69. The highest BCUT2D eigenvalue weighted by Crippen LogP contribution is 2.69. The number of carbonyl (C=O) groups is 1. The number of anilines is 1. The first kappa shape index (κ1) is 28.8. The van der Waals surface area contributed by atoms with Gasteiger partial charge in [-0.1, -0.05) is 19.1 Å². The number of hydrogen-bond acceptors (Lipinski definition) is 4. The van der Waals surface area contributed by atoms with Gasteiger partial charge >= 0.3 is 6.18 Å². The highest BCUT2D eigenvalue weighted by Gasteiger charge is 2.63. The number of amidine groups is 1. The Kier molecular flexibility index (Phi) is 6.57. The van der Waals surface area contributed by atoms with Crippen molar-refractivity contribution < 1.29 is 26.7 Å². The molecule has 2 aliphatic carbocycles. The molecule has 6 rings (SSSR count). The topological polar surface area (TPSA) is 74.5 Å². The Hall–Kier alpha value is -3.34. The molecule has 42 heavy (non-hydrogen) atoms. The molecule has 0 bridgehead atoms. The molecule has 0 radical (unpaired) electrons. The molecule has 1 saturated heterocycles. The third-order valence-electron chi connectivity index (χ3n) is 9.85. The minimum Gasteiger partial charge on any atom is -0.324 e. The molecular weight excluding hydrogens is 553 g/mol. The largest absolute Gasteiger partial charge is 0.416 e. The number of benzene rings is 2. The van der Waals surface area contributed by atoms with E-state index in [1.807, 2.05) is 6.07 Å².